The Morgan fingerprint density at radius 1 is 1.15 bits per heavy atom. The minimum atomic E-state index is -0.623. The van der Waals surface area contributed by atoms with Gasteiger partial charge >= 0.3 is 0 Å². The molecular formula is C14H14BrFN2O2. The lowest BCUT2D eigenvalue weighted by molar-refractivity contribution is -0.114. The number of rotatable bonds is 3. The number of Topliss-reactive ketones (excluding diaryl/α,β-unsaturated/α-hetero) is 1. The minimum Gasteiger partial charge on any atom is -0.302 e. The monoisotopic (exact) mass is 340 g/mol. The molecular weight excluding hydrogens is 327 g/mol. The molecule has 2 aliphatic rings. The van der Waals surface area contributed by atoms with Crippen molar-refractivity contribution in [2.75, 3.05) is 31.1 Å². The Morgan fingerprint density at radius 3 is 2.55 bits per heavy atom. The SMILES string of the molecule is O=C1C(=O)N(CCN2CCCC2)c2c(Br)cc(F)cc21. The Bertz CT molecular complexity index is 585. The molecule has 1 amide bonds. The highest BCUT2D eigenvalue weighted by Gasteiger charge is 2.37. The molecule has 0 saturated carbocycles. The number of fused-ring (bicyclic) bond motifs is 1. The molecule has 0 unspecified atom stereocenters. The summed E-state index contributed by atoms with van der Waals surface area (Å²) >= 11 is 3.25. The number of hydrogen-bond donors (Lipinski definition) is 0. The van der Waals surface area contributed by atoms with Gasteiger partial charge in [-0.25, -0.2) is 4.39 Å². The maximum absolute atomic E-state index is 13.4. The molecule has 0 aliphatic carbocycles. The Labute approximate surface area is 124 Å². The quantitative estimate of drug-likeness (QED) is 0.792. The number of anilines is 1. The van der Waals surface area contributed by atoms with Crippen molar-refractivity contribution in [3.05, 3.63) is 28.0 Å². The minimum absolute atomic E-state index is 0.156. The van der Waals surface area contributed by atoms with Gasteiger partial charge in [0.2, 0.25) is 0 Å². The molecule has 106 valence electrons. The van der Waals surface area contributed by atoms with Gasteiger partial charge in [0.05, 0.1) is 11.3 Å². The zero-order chi connectivity index (χ0) is 14.3. The van der Waals surface area contributed by atoms with E-state index in [9.17, 15) is 14.0 Å². The summed E-state index contributed by atoms with van der Waals surface area (Å²) in [5, 5.41) is 0. The second-order valence-electron chi connectivity index (χ2n) is 5.12. The van der Waals surface area contributed by atoms with E-state index < -0.39 is 17.5 Å². The summed E-state index contributed by atoms with van der Waals surface area (Å²) in [6.07, 6.45) is 2.36. The van der Waals surface area contributed by atoms with Crippen LogP contribution in [0.5, 0.6) is 0 Å². The molecule has 1 saturated heterocycles. The lowest BCUT2D eigenvalue weighted by atomic mass is 10.1. The predicted molar refractivity (Wildman–Crippen MR) is 76.5 cm³/mol. The third kappa shape index (κ3) is 2.27. The van der Waals surface area contributed by atoms with Crippen LogP contribution in [-0.2, 0) is 4.79 Å². The first-order valence-corrected chi connectivity index (χ1v) is 7.45. The topological polar surface area (TPSA) is 40.6 Å². The normalized spacial score (nSPS) is 19.0. The number of carbonyl (C=O) groups excluding carboxylic acids is 2. The zero-order valence-electron chi connectivity index (χ0n) is 10.9. The molecule has 2 aliphatic heterocycles. The maximum Gasteiger partial charge on any atom is 0.299 e. The van der Waals surface area contributed by atoms with Crippen LogP contribution in [0.1, 0.15) is 23.2 Å². The molecule has 0 spiro atoms. The van der Waals surface area contributed by atoms with Crippen LogP contribution in [-0.4, -0.2) is 42.8 Å². The molecule has 6 heteroatoms. The van der Waals surface area contributed by atoms with Gasteiger partial charge in [-0.15, -0.1) is 0 Å². The predicted octanol–water partition coefficient (Wildman–Crippen LogP) is 2.21. The molecule has 1 aromatic rings. The van der Waals surface area contributed by atoms with Crippen molar-refractivity contribution in [2.45, 2.75) is 12.8 Å². The summed E-state index contributed by atoms with van der Waals surface area (Å²) < 4.78 is 13.8. The first kappa shape index (κ1) is 13.7. The standard InChI is InChI=1S/C14H14BrFN2O2/c15-11-8-9(16)7-10-12(11)18(14(20)13(10)19)6-5-17-3-1-2-4-17/h7-8H,1-6H2. The highest BCUT2D eigenvalue weighted by Crippen LogP contribution is 2.36. The van der Waals surface area contributed by atoms with Gasteiger partial charge in [0.25, 0.3) is 11.7 Å². The van der Waals surface area contributed by atoms with Gasteiger partial charge < -0.3 is 9.80 Å². The average molecular weight is 341 g/mol. The van der Waals surface area contributed by atoms with E-state index in [1.165, 1.54) is 23.8 Å². The average Bonchev–Trinajstić information content (AvgIpc) is 2.98. The van der Waals surface area contributed by atoms with Crippen molar-refractivity contribution < 1.29 is 14.0 Å². The van der Waals surface area contributed by atoms with Gasteiger partial charge in [0, 0.05) is 17.6 Å². The highest BCUT2D eigenvalue weighted by molar-refractivity contribution is 9.10. The van der Waals surface area contributed by atoms with Crippen molar-refractivity contribution in [3.63, 3.8) is 0 Å². The van der Waals surface area contributed by atoms with E-state index in [4.69, 9.17) is 0 Å². The van der Waals surface area contributed by atoms with Gasteiger partial charge in [-0.2, -0.15) is 0 Å². The Hall–Kier alpha value is -1.27. The Balaban J connectivity index is 1.85. The van der Waals surface area contributed by atoms with Crippen molar-refractivity contribution in [1.82, 2.24) is 4.90 Å². The molecule has 0 radical (unpaired) electrons. The molecule has 1 fully saturated rings. The molecule has 4 nitrogen and oxygen atoms in total. The van der Waals surface area contributed by atoms with Crippen molar-refractivity contribution in [1.29, 1.82) is 0 Å². The smallest absolute Gasteiger partial charge is 0.299 e. The Morgan fingerprint density at radius 2 is 1.85 bits per heavy atom. The molecule has 0 N–H and O–H groups in total. The van der Waals surface area contributed by atoms with Crippen LogP contribution in [0.25, 0.3) is 0 Å². The number of likely N-dealkylation sites (tertiary alicyclic amines) is 1. The van der Waals surface area contributed by atoms with Crippen LogP contribution in [0.3, 0.4) is 0 Å². The third-order valence-electron chi connectivity index (χ3n) is 3.82. The first-order valence-electron chi connectivity index (χ1n) is 6.65. The molecule has 0 bridgehead atoms. The number of hydrogen-bond acceptors (Lipinski definition) is 3. The second-order valence-corrected chi connectivity index (χ2v) is 5.97. The number of nitrogens with zero attached hydrogens (tertiary/aromatic N) is 2. The van der Waals surface area contributed by atoms with Crippen LogP contribution >= 0.6 is 15.9 Å². The summed E-state index contributed by atoms with van der Waals surface area (Å²) in [7, 11) is 0. The number of halogens is 2. The van der Waals surface area contributed by atoms with E-state index in [-0.39, 0.29) is 5.56 Å². The van der Waals surface area contributed by atoms with Gasteiger partial charge in [0.1, 0.15) is 5.82 Å². The molecule has 3 rings (SSSR count). The summed E-state index contributed by atoms with van der Waals surface area (Å²) in [5.41, 5.74) is 0.656. The summed E-state index contributed by atoms with van der Waals surface area (Å²) in [5.74, 6) is -1.70. The van der Waals surface area contributed by atoms with Gasteiger partial charge in [-0.3, -0.25) is 9.59 Å². The zero-order valence-corrected chi connectivity index (χ0v) is 12.5. The molecule has 20 heavy (non-hydrogen) atoms. The fourth-order valence-corrected chi connectivity index (χ4v) is 3.46. The van der Waals surface area contributed by atoms with Crippen LogP contribution < -0.4 is 4.90 Å². The molecule has 0 aromatic heterocycles. The number of carbonyl (C=O) groups is 2. The second kappa shape index (κ2) is 5.26. The van der Waals surface area contributed by atoms with Gasteiger partial charge in [-0.05, 0) is 54.0 Å². The molecule has 1 aromatic carbocycles. The van der Waals surface area contributed by atoms with Crippen LogP contribution in [0.15, 0.2) is 16.6 Å². The van der Waals surface area contributed by atoms with E-state index >= 15 is 0 Å². The van der Waals surface area contributed by atoms with Crippen molar-refractivity contribution in [3.8, 4) is 0 Å². The lowest BCUT2D eigenvalue weighted by Crippen LogP contribution is -2.37. The molecule has 2 heterocycles. The summed E-state index contributed by atoms with van der Waals surface area (Å²) in [6.45, 7) is 3.27. The van der Waals surface area contributed by atoms with Crippen molar-refractivity contribution in [2.24, 2.45) is 0 Å². The molecule has 0 atom stereocenters. The number of benzene rings is 1. The van der Waals surface area contributed by atoms with Crippen LogP contribution in [0.2, 0.25) is 0 Å². The van der Waals surface area contributed by atoms with Gasteiger partial charge in [-0.1, -0.05) is 0 Å². The van der Waals surface area contributed by atoms with Crippen LogP contribution in [0, 0.1) is 5.82 Å². The number of amides is 1. The van der Waals surface area contributed by atoms with E-state index in [0.717, 1.165) is 25.7 Å². The number of ketones is 1. The van der Waals surface area contributed by atoms with E-state index in [0.29, 0.717) is 16.7 Å². The van der Waals surface area contributed by atoms with Crippen LogP contribution in [0.4, 0.5) is 10.1 Å². The van der Waals surface area contributed by atoms with E-state index in [2.05, 4.69) is 20.8 Å². The van der Waals surface area contributed by atoms with E-state index in [1.54, 1.807) is 0 Å². The summed E-state index contributed by atoms with van der Waals surface area (Å²) in [6, 6.07) is 2.42. The maximum atomic E-state index is 13.4. The highest BCUT2D eigenvalue weighted by atomic mass is 79.9. The third-order valence-corrected chi connectivity index (χ3v) is 4.43. The fraction of sp³-hybridized carbons (Fsp3) is 0.429. The first-order chi connectivity index (χ1) is 9.58. The fourth-order valence-electron chi connectivity index (χ4n) is 2.81. The van der Waals surface area contributed by atoms with E-state index in [1.807, 2.05) is 0 Å². The summed E-state index contributed by atoms with van der Waals surface area (Å²) in [4.78, 5) is 27.7. The largest absolute Gasteiger partial charge is 0.302 e. The van der Waals surface area contributed by atoms with Gasteiger partial charge in [0.15, 0.2) is 0 Å². The lowest BCUT2D eigenvalue weighted by Gasteiger charge is -2.21. The van der Waals surface area contributed by atoms with Crippen molar-refractivity contribution >= 4 is 33.3 Å². The Kier molecular flexibility index (Phi) is 3.60.